The van der Waals surface area contributed by atoms with Crippen LogP contribution in [-0.2, 0) is 5.41 Å². The first-order valence-electron chi connectivity index (χ1n) is 7.91. The fraction of sp³-hybridized carbons (Fsp3) is 0.368. The third-order valence-electron chi connectivity index (χ3n) is 5.18. The lowest BCUT2D eigenvalue weighted by molar-refractivity contribution is 0.319. The molecule has 1 aliphatic carbocycles. The molecule has 0 radical (unpaired) electrons. The maximum atomic E-state index is 6.14. The van der Waals surface area contributed by atoms with Crippen molar-refractivity contribution in [3.63, 3.8) is 0 Å². The van der Waals surface area contributed by atoms with Gasteiger partial charge in [-0.1, -0.05) is 49.1 Å². The molecule has 0 atom stereocenters. The van der Waals surface area contributed by atoms with Gasteiger partial charge in [-0.05, 0) is 53.8 Å². The van der Waals surface area contributed by atoms with Crippen LogP contribution in [0, 0.1) is 0 Å². The summed E-state index contributed by atoms with van der Waals surface area (Å²) in [6.07, 6.45) is 6.77. The van der Waals surface area contributed by atoms with Crippen molar-refractivity contribution in [2.24, 2.45) is 0 Å². The number of rotatable bonds is 1. The van der Waals surface area contributed by atoms with Crippen LogP contribution in [0.3, 0.4) is 0 Å². The van der Waals surface area contributed by atoms with Crippen molar-refractivity contribution in [3.05, 3.63) is 53.1 Å². The van der Waals surface area contributed by atoms with E-state index in [9.17, 15) is 0 Å². The quantitative estimate of drug-likeness (QED) is 0.719. The van der Waals surface area contributed by atoms with Crippen LogP contribution in [0.25, 0.3) is 11.1 Å². The molecule has 21 heavy (non-hydrogen) atoms. The normalized spacial score (nSPS) is 19.3. The first-order chi connectivity index (χ1) is 10.3. The first kappa shape index (κ1) is 13.2. The van der Waals surface area contributed by atoms with Crippen molar-refractivity contribution in [2.45, 2.75) is 37.5 Å². The van der Waals surface area contributed by atoms with E-state index in [0.717, 1.165) is 11.6 Å². The van der Waals surface area contributed by atoms with Gasteiger partial charge in [0.15, 0.2) is 0 Å². The number of halogens is 1. The molecule has 0 saturated heterocycles. The third kappa shape index (κ3) is 2.24. The minimum absolute atomic E-state index is 0.377. The second-order valence-corrected chi connectivity index (χ2v) is 6.90. The number of hydrogen-bond acceptors (Lipinski definition) is 1. The fourth-order valence-electron chi connectivity index (χ4n) is 4.02. The van der Waals surface area contributed by atoms with Crippen LogP contribution in [0.4, 0.5) is 5.69 Å². The van der Waals surface area contributed by atoms with E-state index in [-0.39, 0.29) is 0 Å². The molecule has 1 spiro atoms. The van der Waals surface area contributed by atoms with Crippen molar-refractivity contribution >= 4 is 17.3 Å². The van der Waals surface area contributed by atoms with Crippen LogP contribution in [0.15, 0.2) is 42.5 Å². The Morgan fingerprint density at radius 3 is 2.52 bits per heavy atom. The average molecular weight is 298 g/mol. The van der Waals surface area contributed by atoms with Crippen LogP contribution < -0.4 is 5.32 Å². The molecule has 0 bridgehead atoms. The van der Waals surface area contributed by atoms with Gasteiger partial charge in [-0.2, -0.15) is 0 Å². The number of anilines is 1. The number of benzene rings is 2. The van der Waals surface area contributed by atoms with E-state index < -0.39 is 0 Å². The molecule has 4 rings (SSSR count). The van der Waals surface area contributed by atoms with Gasteiger partial charge < -0.3 is 5.32 Å². The standard InChI is InChI=1S/C19H20ClN/c20-16-6-4-5-14(11-16)15-7-8-18-17(12-15)19(13-21-18)9-2-1-3-10-19/h4-8,11-12,21H,1-3,9-10,13H2. The van der Waals surface area contributed by atoms with Gasteiger partial charge in [0, 0.05) is 22.7 Å². The first-order valence-corrected chi connectivity index (χ1v) is 8.29. The largest absolute Gasteiger partial charge is 0.384 e. The summed E-state index contributed by atoms with van der Waals surface area (Å²) in [6, 6.07) is 15.0. The van der Waals surface area contributed by atoms with Crippen LogP contribution in [0.5, 0.6) is 0 Å². The zero-order valence-corrected chi connectivity index (χ0v) is 12.9. The third-order valence-corrected chi connectivity index (χ3v) is 5.41. The van der Waals surface area contributed by atoms with E-state index in [4.69, 9.17) is 11.6 Å². The second kappa shape index (κ2) is 5.06. The minimum atomic E-state index is 0.377. The Morgan fingerprint density at radius 1 is 0.905 bits per heavy atom. The second-order valence-electron chi connectivity index (χ2n) is 6.47. The molecule has 0 unspecified atom stereocenters. The topological polar surface area (TPSA) is 12.0 Å². The SMILES string of the molecule is Clc1cccc(-c2ccc3c(c2)C2(CCCCC2)CN3)c1. The summed E-state index contributed by atoms with van der Waals surface area (Å²) in [7, 11) is 0. The summed E-state index contributed by atoms with van der Waals surface area (Å²) in [6.45, 7) is 1.11. The number of fused-ring (bicyclic) bond motifs is 2. The molecule has 1 N–H and O–H groups in total. The highest BCUT2D eigenvalue weighted by molar-refractivity contribution is 6.30. The van der Waals surface area contributed by atoms with Gasteiger partial charge in [-0.15, -0.1) is 0 Å². The summed E-state index contributed by atoms with van der Waals surface area (Å²) >= 11 is 6.14. The van der Waals surface area contributed by atoms with Crippen molar-refractivity contribution in [1.82, 2.24) is 0 Å². The minimum Gasteiger partial charge on any atom is -0.384 e. The molecule has 0 aromatic heterocycles. The van der Waals surface area contributed by atoms with E-state index in [1.165, 1.54) is 54.5 Å². The van der Waals surface area contributed by atoms with E-state index >= 15 is 0 Å². The van der Waals surface area contributed by atoms with Crippen molar-refractivity contribution in [2.75, 3.05) is 11.9 Å². The Hall–Kier alpha value is -1.47. The lowest BCUT2D eigenvalue weighted by atomic mass is 9.70. The summed E-state index contributed by atoms with van der Waals surface area (Å²) in [4.78, 5) is 0. The predicted molar refractivity (Wildman–Crippen MR) is 90.1 cm³/mol. The summed E-state index contributed by atoms with van der Waals surface area (Å²) < 4.78 is 0. The van der Waals surface area contributed by atoms with Gasteiger partial charge in [0.1, 0.15) is 0 Å². The van der Waals surface area contributed by atoms with Gasteiger partial charge in [-0.3, -0.25) is 0 Å². The molecular weight excluding hydrogens is 278 g/mol. The Bertz CT molecular complexity index is 666. The highest BCUT2D eigenvalue weighted by atomic mass is 35.5. The fourth-order valence-corrected chi connectivity index (χ4v) is 4.21. The predicted octanol–water partition coefficient (Wildman–Crippen LogP) is 5.63. The van der Waals surface area contributed by atoms with Crippen molar-refractivity contribution < 1.29 is 0 Å². The summed E-state index contributed by atoms with van der Waals surface area (Å²) in [5.41, 5.74) is 5.73. The monoisotopic (exact) mass is 297 g/mol. The van der Waals surface area contributed by atoms with Crippen molar-refractivity contribution in [1.29, 1.82) is 0 Å². The highest BCUT2D eigenvalue weighted by Gasteiger charge is 2.39. The van der Waals surface area contributed by atoms with Crippen molar-refractivity contribution in [3.8, 4) is 11.1 Å². The lowest BCUT2D eigenvalue weighted by Crippen LogP contribution is -2.30. The molecule has 2 heteroatoms. The van der Waals surface area contributed by atoms with Crippen LogP contribution in [-0.4, -0.2) is 6.54 Å². The van der Waals surface area contributed by atoms with Crippen LogP contribution >= 0.6 is 11.6 Å². The Morgan fingerprint density at radius 2 is 1.71 bits per heavy atom. The average Bonchev–Trinajstić information content (AvgIpc) is 2.86. The molecule has 1 fully saturated rings. The van der Waals surface area contributed by atoms with Gasteiger partial charge >= 0.3 is 0 Å². The molecule has 108 valence electrons. The van der Waals surface area contributed by atoms with Gasteiger partial charge in [0.05, 0.1) is 0 Å². The maximum absolute atomic E-state index is 6.14. The number of nitrogens with one attached hydrogen (secondary N) is 1. The zero-order valence-electron chi connectivity index (χ0n) is 12.2. The van der Waals surface area contributed by atoms with Crippen LogP contribution in [0.2, 0.25) is 5.02 Å². The smallest absolute Gasteiger partial charge is 0.0412 e. The molecule has 1 heterocycles. The highest BCUT2D eigenvalue weighted by Crippen LogP contribution is 2.47. The Labute approximate surface area is 131 Å². The molecule has 2 aromatic carbocycles. The van der Waals surface area contributed by atoms with Gasteiger partial charge in [0.2, 0.25) is 0 Å². The van der Waals surface area contributed by atoms with E-state index in [2.05, 4.69) is 35.6 Å². The van der Waals surface area contributed by atoms with Gasteiger partial charge in [-0.25, -0.2) is 0 Å². The molecular formula is C19H20ClN. The Balaban J connectivity index is 1.78. The summed E-state index contributed by atoms with van der Waals surface area (Å²) in [5.74, 6) is 0. The molecule has 1 nitrogen and oxygen atoms in total. The molecule has 1 saturated carbocycles. The molecule has 2 aliphatic rings. The zero-order chi connectivity index (χ0) is 14.3. The van der Waals surface area contributed by atoms with Gasteiger partial charge in [0.25, 0.3) is 0 Å². The molecule has 0 amide bonds. The number of hydrogen-bond donors (Lipinski definition) is 1. The molecule has 2 aromatic rings. The Kier molecular flexibility index (Phi) is 3.19. The molecule has 1 aliphatic heterocycles. The summed E-state index contributed by atoms with van der Waals surface area (Å²) in [5, 5.41) is 4.43. The van der Waals surface area contributed by atoms with E-state index in [1.807, 2.05) is 12.1 Å². The van der Waals surface area contributed by atoms with Crippen LogP contribution in [0.1, 0.15) is 37.7 Å². The lowest BCUT2D eigenvalue weighted by Gasteiger charge is -2.33. The van der Waals surface area contributed by atoms with E-state index in [1.54, 1.807) is 0 Å². The maximum Gasteiger partial charge on any atom is 0.0412 e. The van der Waals surface area contributed by atoms with E-state index in [0.29, 0.717) is 5.41 Å².